The van der Waals surface area contributed by atoms with Gasteiger partial charge in [0.15, 0.2) is 0 Å². The molecule has 0 heterocycles. The molecule has 0 unspecified atom stereocenters. The summed E-state index contributed by atoms with van der Waals surface area (Å²) in [5.74, 6) is -0.735. The SMILES string of the molecule is CCCc1ccc(CC(=O)Oc2ccc(Br)cc2C(=O)OCC)cc1. The van der Waals surface area contributed by atoms with E-state index in [2.05, 4.69) is 22.9 Å². The predicted octanol–water partition coefficient (Wildman–Crippen LogP) is 4.73. The molecule has 0 amide bonds. The Morgan fingerprint density at radius 1 is 1.00 bits per heavy atom. The summed E-state index contributed by atoms with van der Waals surface area (Å²) >= 11 is 3.31. The van der Waals surface area contributed by atoms with Crippen LogP contribution >= 0.6 is 15.9 Å². The minimum atomic E-state index is -0.518. The lowest BCUT2D eigenvalue weighted by Crippen LogP contribution is -2.15. The van der Waals surface area contributed by atoms with Gasteiger partial charge < -0.3 is 9.47 Å². The highest BCUT2D eigenvalue weighted by atomic mass is 79.9. The second-order valence-corrected chi connectivity index (χ2v) is 6.49. The molecule has 0 saturated heterocycles. The molecule has 2 rings (SSSR count). The molecule has 5 heteroatoms. The van der Waals surface area contributed by atoms with Crippen LogP contribution in [0.4, 0.5) is 0 Å². The van der Waals surface area contributed by atoms with Crippen LogP contribution in [0.3, 0.4) is 0 Å². The molecule has 0 bridgehead atoms. The molecule has 0 aliphatic rings. The van der Waals surface area contributed by atoms with E-state index in [0.29, 0.717) is 4.47 Å². The van der Waals surface area contributed by atoms with E-state index >= 15 is 0 Å². The number of esters is 2. The van der Waals surface area contributed by atoms with Crippen LogP contribution in [0.1, 0.15) is 41.8 Å². The lowest BCUT2D eigenvalue weighted by atomic mass is 10.1. The van der Waals surface area contributed by atoms with Crippen LogP contribution in [0.2, 0.25) is 0 Å². The summed E-state index contributed by atoms with van der Waals surface area (Å²) in [6.07, 6.45) is 2.25. The number of carbonyl (C=O) groups is 2. The first-order valence-electron chi connectivity index (χ1n) is 8.28. The van der Waals surface area contributed by atoms with Crippen LogP contribution in [-0.4, -0.2) is 18.5 Å². The number of hydrogen-bond donors (Lipinski definition) is 0. The summed E-state index contributed by atoms with van der Waals surface area (Å²) in [5.41, 5.74) is 2.35. The second kappa shape index (κ2) is 9.37. The van der Waals surface area contributed by atoms with Crippen LogP contribution in [0.15, 0.2) is 46.9 Å². The minimum absolute atomic E-state index is 0.144. The summed E-state index contributed by atoms with van der Waals surface area (Å²) in [4.78, 5) is 24.2. The number of hydrogen-bond acceptors (Lipinski definition) is 4. The summed E-state index contributed by atoms with van der Waals surface area (Å²) in [6.45, 7) is 4.11. The molecule has 132 valence electrons. The monoisotopic (exact) mass is 404 g/mol. The topological polar surface area (TPSA) is 52.6 Å². The van der Waals surface area contributed by atoms with E-state index in [4.69, 9.17) is 9.47 Å². The highest BCUT2D eigenvalue weighted by molar-refractivity contribution is 9.10. The van der Waals surface area contributed by atoms with E-state index < -0.39 is 11.9 Å². The maximum Gasteiger partial charge on any atom is 0.341 e. The van der Waals surface area contributed by atoms with Gasteiger partial charge in [0.1, 0.15) is 11.3 Å². The number of rotatable bonds is 7. The predicted molar refractivity (Wildman–Crippen MR) is 99.9 cm³/mol. The van der Waals surface area contributed by atoms with Gasteiger partial charge >= 0.3 is 11.9 Å². The fraction of sp³-hybridized carbons (Fsp3) is 0.300. The highest BCUT2D eigenvalue weighted by Gasteiger charge is 2.17. The second-order valence-electron chi connectivity index (χ2n) is 5.58. The van der Waals surface area contributed by atoms with Crippen molar-refractivity contribution < 1.29 is 19.1 Å². The van der Waals surface area contributed by atoms with Crippen molar-refractivity contribution in [1.82, 2.24) is 0 Å². The fourth-order valence-electron chi connectivity index (χ4n) is 2.40. The molecule has 0 saturated carbocycles. The van der Waals surface area contributed by atoms with Gasteiger partial charge in [0.05, 0.1) is 13.0 Å². The zero-order chi connectivity index (χ0) is 18.2. The van der Waals surface area contributed by atoms with Crippen LogP contribution in [0, 0.1) is 0 Å². The first kappa shape index (κ1) is 19.2. The van der Waals surface area contributed by atoms with E-state index in [1.807, 2.05) is 24.3 Å². The molecular formula is C20H21BrO4. The quantitative estimate of drug-likeness (QED) is 0.494. The van der Waals surface area contributed by atoms with E-state index in [0.717, 1.165) is 18.4 Å². The molecule has 0 aliphatic heterocycles. The van der Waals surface area contributed by atoms with Crippen LogP contribution in [0.5, 0.6) is 5.75 Å². The standard InChI is InChI=1S/C20H21BrO4/c1-3-5-14-6-8-15(9-7-14)12-19(22)25-18-11-10-16(21)13-17(18)20(23)24-4-2/h6-11,13H,3-5,12H2,1-2H3. The number of ether oxygens (including phenoxy) is 2. The zero-order valence-electron chi connectivity index (χ0n) is 14.4. The molecule has 0 aromatic heterocycles. The van der Waals surface area contributed by atoms with Gasteiger partial charge in [0.25, 0.3) is 0 Å². The fourth-order valence-corrected chi connectivity index (χ4v) is 2.76. The molecular weight excluding hydrogens is 384 g/mol. The highest BCUT2D eigenvalue weighted by Crippen LogP contribution is 2.24. The van der Waals surface area contributed by atoms with Crippen LogP contribution < -0.4 is 4.74 Å². The van der Waals surface area contributed by atoms with Crippen molar-refractivity contribution in [2.45, 2.75) is 33.1 Å². The average Bonchev–Trinajstić information content (AvgIpc) is 2.58. The first-order valence-corrected chi connectivity index (χ1v) is 9.08. The summed E-state index contributed by atoms with van der Waals surface area (Å²) < 4.78 is 11.1. The summed E-state index contributed by atoms with van der Waals surface area (Å²) in [5, 5.41) is 0. The van der Waals surface area contributed by atoms with Gasteiger partial charge in [0.2, 0.25) is 0 Å². The van der Waals surface area contributed by atoms with E-state index in [1.54, 1.807) is 25.1 Å². The third-order valence-electron chi connectivity index (χ3n) is 3.57. The largest absolute Gasteiger partial charge is 0.462 e. The Bertz CT molecular complexity index is 738. The Morgan fingerprint density at radius 2 is 1.68 bits per heavy atom. The van der Waals surface area contributed by atoms with Gasteiger partial charge in [-0.05, 0) is 42.7 Å². The Morgan fingerprint density at radius 3 is 2.32 bits per heavy atom. The van der Waals surface area contributed by atoms with Crippen molar-refractivity contribution in [3.63, 3.8) is 0 Å². The van der Waals surface area contributed by atoms with E-state index in [9.17, 15) is 9.59 Å². The number of benzene rings is 2. The van der Waals surface area contributed by atoms with Crippen molar-refractivity contribution in [3.8, 4) is 5.75 Å². The van der Waals surface area contributed by atoms with Crippen molar-refractivity contribution in [2.75, 3.05) is 6.61 Å². The van der Waals surface area contributed by atoms with Gasteiger partial charge in [-0.15, -0.1) is 0 Å². The summed E-state index contributed by atoms with van der Waals surface area (Å²) in [7, 11) is 0. The minimum Gasteiger partial charge on any atom is -0.462 e. The molecule has 0 radical (unpaired) electrons. The Labute approximate surface area is 156 Å². The molecule has 0 N–H and O–H groups in total. The zero-order valence-corrected chi connectivity index (χ0v) is 16.0. The Hall–Kier alpha value is -2.14. The maximum atomic E-state index is 12.2. The Kier molecular flexibility index (Phi) is 7.19. The van der Waals surface area contributed by atoms with E-state index in [1.165, 1.54) is 5.56 Å². The molecule has 2 aromatic rings. The maximum absolute atomic E-state index is 12.2. The molecule has 0 aliphatic carbocycles. The van der Waals surface area contributed by atoms with Crippen molar-refractivity contribution in [2.24, 2.45) is 0 Å². The molecule has 25 heavy (non-hydrogen) atoms. The van der Waals surface area contributed by atoms with Gasteiger partial charge in [-0.3, -0.25) is 4.79 Å². The van der Waals surface area contributed by atoms with Crippen molar-refractivity contribution in [3.05, 3.63) is 63.6 Å². The molecule has 0 fully saturated rings. The Balaban J connectivity index is 2.08. The molecule has 0 atom stereocenters. The lowest BCUT2D eigenvalue weighted by molar-refractivity contribution is -0.133. The molecule has 2 aromatic carbocycles. The summed E-state index contributed by atoms with van der Waals surface area (Å²) in [6, 6.07) is 12.8. The van der Waals surface area contributed by atoms with Crippen LogP contribution in [-0.2, 0) is 22.4 Å². The molecule has 0 spiro atoms. The van der Waals surface area contributed by atoms with Crippen molar-refractivity contribution >= 4 is 27.9 Å². The number of halogens is 1. The molecule has 4 nitrogen and oxygen atoms in total. The van der Waals surface area contributed by atoms with Gasteiger partial charge in [-0.1, -0.05) is 53.5 Å². The third kappa shape index (κ3) is 5.71. The van der Waals surface area contributed by atoms with Crippen LogP contribution in [0.25, 0.3) is 0 Å². The number of carbonyl (C=O) groups excluding carboxylic acids is 2. The van der Waals surface area contributed by atoms with Gasteiger partial charge in [-0.25, -0.2) is 4.79 Å². The first-order chi connectivity index (χ1) is 12.0. The lowest BCUT2D eigenvalue weighted by Gasteiger charge is -2.10. The smallest absolute Gasteiger partial charge is 0.341 e. The normalized spacial score (nSPS) is 10.4. The average molecular weight is 405 g/mol. The van der Waals surface area contributed by atoms with E-state index in [-0.39, 0.29) is 24.3 Å². The van der Waals surface area contributed by atoms with Gasteiger partial charge in [0, 0.05) is 4.47 Å². The third-order valence-corrected chi connectivity index (χ3v) is 4.06. The van der Waals surface area contributed by atoms with Gasteiger partial charge in [-0.2, -0.15) is 0 Å². The number of aryl methyl sites for hydroxylation is 1. The van der Waals surface area contributed by atoms with Crippen molar-refractivity contribution in [1.29, 1.82) is 0 Å².